The van der Waals surface area contributed by atoms with Crippen LogP contribution in [0.25, 0.3) is 0 Å². The van der Waals surface area contributed by atoms with E-state index in [1.165, 1.54) is 44.9 Å². The van der Waals surface area contributed by atoms with Crippen molar-refractivity contribution in [2.75, 3.05) is 0 Å². The molecule has 0 spiro atoms. The van der Waals surface area contributed by atoms with Gasteiger partial charge in [-0.05, 0) is 11.8 Å². The van der Waals surface area contributed by atoms with Crippen LogP contribution < -0.4 is 0 Å². The van der Waals surface area contributed by atoms with Crippen LogP contribution in [0.3, 0.4) is 0 Å². The van der Waals surface area contributed by atoms with Gasteiger partial charge in [0.25, 0.3) is 0 Å². The van der Waals surface area contributed by atoms with Gasteiger partial charge in [-0.1, -0.05) is 100 Å². The molecule has 108 valence electrons. The average molecular weight is 245 g/mol. The molecule has 0 aliphatic rings. The zero-order chi connectivity index (χ0) is 14.1. The molecule has 17 heavy (non-hydrogen) atoms. The highest BCUT2D eigenvalue weighted by molar-refractivity contribution is 4.49. The van der Waals surface area contributed by atoms with Crippen LogP contribution in [0.5, 0.6) is 0 Å². The molecule has 0 saturated heterocycles. The Labute approximate surface area is 113 Å². The van der Waals surface area contributed by atoms with Gasteiger partial charge in [-0.2, -0.15) is 0 Å². The first-order chi connectivity index (χ1) is 8.08. The summed E-state index contributed by atoms with van der Waals surface area (Å²) in [5.74, 6) is 1.85. The number of hydrogen-bond acceptors (Lipinski definition) is 0. The Morgan fingerprint density at radius 1 is 0.706 bits per heavy atom. The molecule has 0 fully saturated rings. The molecule has 0 bridgehead atoms. The minimum atomic E-state index is 0.898. The molecular formula is C17H40. The zero-order valence-electron chi connectivity index (χ0n) is 14.1. The fraction of sp³-hybridized carbons (Fsp3) is 1.00. The van der Waals surface area contributed by atoms with E-state index < -0.39 is 0 Å². The van der Waals surface area contributed by atoms with Crippen molar-refractivity contribution in [2.45, 2.75) is 100 Å². The van der Waals surface area contributed by atoms with E-state index in [0.29, 0.717) is 0 Å². The van der Waals surface area contributed by atoms with Crippen molar-refractivity contribution in [3.63, 3.8) is 0 Å². The first kappa shape index (κ1) is 22.2. The van der Waals surface area contributed by atoms with E-state index in [1.807, 2.05) is 13.8 Å². The molecule has 1 atom stereocenters. The van der Waals surface area contributed by atoms with Crippen LogP contribution in [0.1, 0.15) is 100 Å². The van der Waals surface area contributed by atoms with Gasteiger partial charge in [0.1, 0.15) is 0 Å². The molecule has 0 aliphatic carbocycles. The number of hydrogen-bond donors (Lipinski definition) is 0. The van der Waals surface area contributed by atoms with Crippen molar-refractivity contribution >= 4 is 0 Å². The Kier molecular flexibility index (Phi) is 27.8. The Morgan fingerprint density at radius 2 is 1.24 bits per heavy atom. The summed E-state index contributed by atoms with van der Waals surface area (Å²) in [7, 11) is 0. The number of unbranched alkanes of at least 4 members (excludes halogenated alkanes) is 2. The molecular weight excluding hydrogens is 204 g/mol. The van der Waals surface area contributed by atoms with Crippen LogP contribution >= 0.6 is 0 Å². The Morgan fingerprint density at radius 3 is 1.47 bits per heavy atom. The van der Waals surface area contributed by atoms with Gasteiger partial charge in [0.05, 0.1) is 0 Å². The maximum Gasteiger partial charge on any atom is -0.0445 e. The topological polar surface area (TPSA) is 0 Å². The summed E-state index contributed by atoms with van der Waals surface area (Å²) >= 11 is 0. The van der Waals surface area contributed by atoms with Gasteiger partial charge in [-0.3, -0.25) is 0 Å². The molecule has 0 rings (SSSR count). The lowest BCUT2D eigenvalue weighted by atomic mass is 10.0. The molecule has 0 heteroatoms. The number of rotatable bonds is 7. The summed E-state index contributed by atoms with van der Waals surface area (Å²) in [5.41, 5.74) is 0. The van der Waals surface area contributed by atoms with Crippen LogP contribution in [0.15, 0.2) is 0 Å². The van der Waals surface area contributed by atoms with Gasteiger partial charge < -0.3 is 0 Å². The molecule has 1 unspecified atom stereocenters. The normalized spacial score (nSPS) is 11.1. The monoisotopic (exact) mass is 244 g/mol. The third-order valence-corrected chi connectivity index (χ3v) is 2.86. The van der Waals surface area contributed by atoms with Crippen LogP contribution in [0.4, 0.5) is 0 Å². The molecule has 0 saturated carbocycles. The van der Waals surface area contributed by atoms with E-state index in [2.05, 4.69) is 41.5 Å². The van der Waals surface area contributed by atoms with Crippen LogP contribution in [-0.4, -0.2) is 0 Å². The van der Waals surface area contributed by atoms with Crippen LogP contribution in [-0.2, 0) is 0 Å². The highest BCUT2D eigenvalue weighted by Gasteiger charge is 1.95. The second-order valence-electron chi connectivity index (χ2n) is 5.19. The van der Waals surface area contributed by atoms with E-state index in [-0.39, 0.29) is 0 Å². The van der Waals surface area contributed by atoms with Gasteiger partial charge >= 0.3 is 0 Å². The second-order valence-corrected chi connectivity index (χ2v) is 5.19. The Balaban J connectivity index is -0.000000213. The second kappa shape index (κ2) is 21.3. The minimum Gasteiger partial charge on any atom is -0.0683 e. The lowest BCUT2D eigenvalue weighted by molar-refractivity contribution is 0.482. The lowest BCUT2D eigenvalue weighted by Gasteiger charge is -2.05. The summed E-state index contributed by atoms with van der Waals surface area (Å²) in [6.07, 6.45) is 9.71. The molecule has 0 amide bonds. The van der Waals surface area contributed by atoms with Crippen molar-refractivity contribution < 1.29 is 0 Å². The first-order valence-electron chi connectivity index (χ1n) is 8.08. The molecule has 0 nitrogen and oxygen atoms in total. The van der Waals surface area contributed by atoms with E-state index in [4.69, 9.17) is 0 Å². The minimum absolute atomic E-state index is 0.898. The largest absolute Gasteiger partial charge is 0.0683 e. The van der Waals surface area contributed by atoms with Crippen molar-refractivity contribution in [1.82, 2.24) is 0 Å². The summed E-state index contributed by atoms with van der Waals surface area (Å²) in [5, 5.41) is 0. The maximum atomic E-state index is 2.34. The highest BCUT2D eigenvalue weighted by atomic mass is 14.0. The predicted octanol–water partition coefficient (Wildman–Crippen LogP) is 7.08. The maximum absolute atomic E-state index is 2.34. The summed E-state index contributed by atoms with van der Waals surface area (Å²) in [6, 6.07) is 0. The lowest BCUT2D eigenvalue weighted by Crippen LogP contribution is -1.90. The van der Waals surface area contributed by atoms with Crippen LogP contribution in [0, 0.1) is 11.8 Å². The highest BCUT2D eigenvalue weighted by Crippen LogP contribution is 2.11. The first-order valence-corrected chi connectivity index (χ1v) is 8.08. The quantitative estimate of drug-likeness (QED) is 0.420. The third kappa shape index (κ3) is 31.4. The molecule has 0 aromatic carbocycles. The van der Waals surface area contributed by atoms with Gasteiger partial charge in [0, 0.05) is 0 Å². The Hall–Kier alpha value is 0. The van der Waals surface area contributed by atoms with Crippen molar-refractivity contribution in [3.05, 3.63) is 0 Å². The fourth-order valence-electron chi connectivity index (χ4n) is 1.52. The zero-order valence-corrected chi connectivity index (χ0v) is 14.1. The standard InChI is InChI=1S/C9H20.C6H14.C2H6/c1-4-6-7-8-9(3)5-2;1-4-5-6(2)3;1-2/h9H,4-8H2,1-3H3;6H,4-5H2,1-3H3;1-2H3. The molecule has 0 aromatic rings. The van der Waals surface area contributed by atoms with Crippen LogP contribution in [0.2, 0.25) is 0 Å². The third-order valence-electron chi connectivity index (χ3n) is 2.86. The van der Waals surface area contributed by atoms with Gasteiger partial charge in [0.15, 0.2) is 0 Å². The van der Waals surface area contributed by atoms with E-state index >= 15 is 0 Å². The molecule has 0 heterocycles. The molecule has 0 aliphatic heterocycles. The van der Waals surface area contributed by atoms with Gasteiger partial charge in [0.2, 0.25) is 0 Å². The summed E-state index contributed by atoms with van der Waals surface area (Å²) in [4.78, 5) is 0. The van der Waals surface area contributed by atoms with E-state index in [1.54, 1.807) is 0 Å². The van der Waals surface area contributed by atoms with Gasteiger partial charge in [-0.25, -0.2) is 0 Å². The van der Waals surface area contributed by atoms with Crippen molar-refractivity contribution in [2.24, 2.45) is 11.8 Å². The van der Waals surface area contributed by atoms with Crippen molar-refractivity contribution in [3.8, 4) is 0 Å². The summed E-state index contributed by atoms with van der Waals surface area (Å²) in [6.45, 7) is 17.6. The van der Waals surface area contributed by atoms with E-state index in [9.17, 15) is 0 Å². The molecule has 0 aromatic heterocycles. The molecule has 0 N–H and O–H groups in total. The fourth-order valence-corrected chi connectivity index (χ4v) is 1.52. The summed E-state index contributed by atoms with van der Waals surface area (Å²) < 4.78 is 0. The SMILES string of the molecule is CC.CCCC(C)C.CCCCCC(C)CC. The predicted molar refractivity (Wildman–Crippen MR) is 84.7 cm³/mol. The Bertz CT molecular complexity index is 94.2. The smallest absolute Gasteiger partial charge is 0.0445 e. The van der Waals surface area contributed by atoms with Gasteiger partial charge in [-0.15, -0.1) is 0 Å². The molecule has 0 radical (unpaired) electrons. The van der Waals surface area contributed by atoms with E-state index in [0.717, 1.165) is 11.8 Å². The average Bonchev–Trinajstić information content (AvgIpc) is 2.32. The van der Waals surface area contributed by atoms with Crippen molar-refractivity contribution in [1.29, 1.82) is 0 Å².